The number of hydrogen-bond donors (Lipinski definition) is 0. The Morgan fingerprint density at radius 3 is 1.93 bits per heavy atom. The molecule has 14 heavy (non-hydrogen) atoms. The zero-order chi connectivity index (χ0) is 10.7. The summed E-state index contributed by atoms with van der Waals surface area (Å²) in [5, 5.41) is 0. The van der Waals surface area contributed by atoms with E-state index < -0.39 is 0 Å². The van der Waals surface area contributed by atoms with Crippen LogP contribution >= 0.6 is 0 Å². The van der Waals surface area contributed by atoms with E-state index >= 15 is 0 Å². The molecule has 1 aromatic carbocycles. The minimum atomic E-state index is 0.273. The van der Waals surface area contributed by atoms with Gasteiger partial charge in [0.15, 0.2) is 0 Å². The lowest BCUT2D eigenvalue weighted by Crippen LogP contribution is -2.19. The van der Waals surface area contributed by atoms with Crippen molar-refractivity contribution in [3.05, 3.63) is 29.3 Å². The number of ether oxygens (including phenoxy) is 1. The van der Waals surface area contributed by atoms with Crippen LogP contribution in [0.3, 0.4) is 0 Å². The molecule has 0 radical (unpaired) electrons. The second-order valence-corrected chi connectivity index (χ2v) is 4.29. The Morgan fingerprint density at radius 1 is 1.00 bits per heavy atom. The summed E-state index contributed by atoms with van der Waals surface area (Å²) in [6, 6.07) is 6.25. The molecule has 0 aliphatic rings. The second-order valence-electron chi connectivity index (χ2n) is 4.29. The van der Waals surface area contributed by atoms with Crippen molar-refractivity contribution < 1.29 is 4.74 Å². The molecule has 0 saturated carbocycles. The van der Waals surface area contributed by atoms with E-state index in [1.165, 1.54) is 11.1 Å². The fourth-order valence-corrected chi connectivity index (χ4v) is 1.31. The second kappa shape index (κ2) is 4.50. The Morgan fingerprint density at radius 2 is 1.50 bits per heavy atom. The molecule has 1 heteroatoms. The molecule has 0 heterocycles. The molecule has 0 amide bonds. The van der Waals surface area contributed by atoms with Crippen LogP contribution in [-0.2, 0) is 0 Å². The molecule has 0 spiro atoms. The first-order valence-electron chi connectivity index (χ1n) is 5.25. The number of benzene rings is 1. The summed E-state index contributed by atoms with van der Waals surface area (Å²) in [5.41, 5.74) is 2.44. The Bertz CT molecular complexity index is 282. The number of rotatable bonds is 3. The summed E-state index contributed by atoms with van der Waals surface area (Å²) in [6.45, 7) is 10.7. The molecule has 1 atom stereocenters. The molecular formula is C13H20O. The smallest absolute Gasteiger partial charge is 0.125 e. The first-order valence-corrected chi connectivity index (χ1v) is 5.25. The van der Waals surface area contributed by atoms with Gasteiger partial charge in [-0.05, 0) is 37.8 Å². The van der Waals surface area contributed by atoms with Gasteiger partial charge in [0.2, 0.25) is 0 Å². The van der Waals surface area contributed by atoms with Crippen molar-refractivity contribution in [2.45, 2.75) is 40.7 Å². The lowest BCUT2D eigenvalue weighted by Gasteiger charge is -2.20. The van der Waals surface area contributed by atoms with Crippen molar-refractivity contribution in [3.8, 4) is 5.75 Å². The highest BCUT2D eigenvalue weighted by Gasteiger charge is 2.11. The zero-order valence-electron chi connectivity index (χ0n) is 9.79. The normalized spacial score (nSPS) is 13.0. The molecule has 1 rings (SSSR count). The van der Waals surface area contributed by atoms with Crippen LogP contribution in [-0.4, -0.2) is 6.10 Å². The van der Waals surface area contributed by atoms with Crippen LogP contribution in [0.25, 0.3) is 0 Å². The van der Waals surface area contributed by atoms with Gasteiger partial charge in [0.25, 0.3) is 0 Å². The SMILES string of the molecule is Cc1cccc(C)c1OC(C)C(C)C. The lowest BCUT2D eigenvalue weighted by atomic mass is 10.1. The van der Waals surface area contributed by atoms with E-state index in [4.69, 9.17) is 4.74 Å². The van der Waals surface area contributed by atoms with Crippen LogP contribution in [0.4, 0.5) is 0 Å². The van der Waals surface area contributed by atoms with Crippen LogP contribution in [0.5, 0.6) is 5.75 Å². The van der Waals surface area contributed by atoms with Crippen molar-refractivity contribution in [2.24, 2.45) is 5.92 Å². The van der Waals surface area contributed by atoms with Gasteiger partial charge >= 0.3 is 0 Å². The summed E-state index contributed by atoms with van der Waals surface area (Å²) in [7, 11) is 0. The van der Waals surface area contributed by atoms with Crippen LogP contribution < -0.4 is 4.74 Å². The molecule has 0 fully saturated rings. The fraction of sp³-hybridized carbons (Fsp3) is 0.538. The Balaban J connectivity index is 2.85. The lowest BCUT2D eigenvalue weighted by molar-refractivity contribution is 0.168. The van der Waals surface area contributed by atoms with E-state index in [9.17, 15) is 0 Å². The standard InChI is InChI=1S/C13H20O/c1-9(2)12(5)14-13-10(3)7-6-8-11(13)4/h6-9,12H,1-5H3. The molecule has 0 aromatic heterocycles. The van der Waals surface area contributed by atoms with Crippen molar-refractivity contribution in [1.29, 1.82) is 0 Å². The molecule has 0 aliphatic carbocycles. The van der Waals surface area contributed by atoms with Crippen molar-refractivity contribution in [1.82, 2.24) is 0 Å². The molecular weight excluding hydrogens is 172 g/mol. The van der Waals surface area contributed by atoms with Gasteiger partial charge in [-0.3, -0.25) is 0 Å². The highest BCUT2D eigenvalue weighted by molar-refractivity contribution is 5.39. The fourth-order valence-electron chi connectivity index (χ4n) is 1.31. The van der Waals surface area contributed by atoms with Crippen LogP contribution in [0, 0.1) is 19.8 Å². The van der Waals surface area contributed by atoms with E-state index in [1.807, 2.05) is 0 Å². The quantitative estimate of drug-likeness (QED) is 0.709. The Kier molecular flexibility index (Phi) is 3.56. The van der Waals surface area contributed by atoms with Gasteiger partial charge in [-0.2, -0.15) is 0 Å². The topological polar surface area (TPSA) is 9.23 Å². The first kappa shape index (κ1) is 11.1. The third-order valence-corrected chi connectivity index (χ3v) is 2.65. The summed E-state index contributed by atoms with van der Waals surface area (Å²) in [6.07, 6.45) is 0.273. The molecule has 0 bridgehead atoms. The van der Waals surface area contributed by atoms with Crippen molar-refractivity contribution in [3.63, 3.8) is 0 Å². The largest absolute Gasteiger partial charge is 0.490 e. The van der Waals surface area contributed by atoms with Crippen molar-refractivity contribution in [2.75, 3.05) is 0 Å². The monoisotopic (exact) mass is 192 g/mol. The third kappa shape index (κ3) is 2.50. The maximum Gasteiger partial charge on any atom is 0.125 e. The van der Waals surface area contributed by atoms with Gasteiger partial charge in [-0.15, -0.1) is 0 Å². The molecule has 0 aliphatic heterocycles. The molecule has 0 N–H and O–H groups in total. The van der Waals surface area contributed by atoms with Crippen LogP contribution in [0.2, 0.25) is 0 Å². The summed E-state index contributed by atoms with van der Waals surface area (Å²) < 4.78 is 5.94. The number of hydrogen-bond acceptors (Lipinski definition) is 1. The molecule has 0 saturated heterocycles. The minimum Gasteiger partial charge on any atom is -0.490 e. The minimum absolute atomic E-state index is 0.273. The molecule has 1 aromatic rings. The van der Waals surface area contributed by atoms with Gasteiger partial charge < -0.3 is 4.74 Å². The maximum absolute atomic E-state index is 5.94. The molecule has 1 nitrogen and oxygen atoms in total. The predicted octanol–water partition coefficient (Wildman–Crippen LogP) is 3.73. The molecule has 78 valence electrons. The Hall–Kier alpha value is -0.980. The average Bonchev–Trinajstić information content (AvgIpc) is 2.11. The van der Waals surface area contributed by atoms with E-state index in [0.29, 0.717) is 5.92 Å². The first-order chi connectivity index (χ1) is 6.52. The highest BCUT2D eigenvalue weighted by Crippen LogP contribution is 2.24. The summed E-state index contributed by atoms with van der Waals surface area (Å²) in [5.74, 6) is 1.60. The molecule has 1 unspecified atom stereocenters. The maximum atomic E-state index is 5.94. The van der Waals surface area contributed by atoms with E-state index in [2.05, 4.69) is 52.8 Å². The van der Waals surface area contributed by atoms with Crippen LogP contribution in [0.1, 0.15) is 31.9 Å². The van der Waals surface area contributed by atoms with Gasteiger partial charge in [0.1, 0.15) is 5.75 Å². The average molecular weight is 192 g/mol. The van der Waals surface area contributed by atoms with Gasteiger partial charge in [0, 0.05) is 0 Å². The predicted molar refractivity (Wildman–Crippen MR) is 60.8 cm³/mol. The third-order valence-electron chi connectivity index (χ3n) is 2.65. The van der Waals surface area contributed by atoms with Crippen LogP contribution in [0.15, 0.2) is 18.2 Å². The number of para-hydroxylation sites is 1. The van der Waals surface area contributed by atoms with E-state index in [1.54, 1.807) is 0 Å². The highest BCUT2D eigenvalue weighted by atomic mass is 16.5. The van der Waals surface area contributed by atoms with E-state index in [0.717, 1.165) is 5.75 Å². The summed E-state index contributed by atoms with van der Waals surface area (Å²) >= 11 is 0. The van der Waals surface area contributed by atoms with Gasteiger partial charge in [-0.1, -0.05) is 32.0 Å². The Labute approximate surface area is 87.1 Å². The van der Waals surface area contributed by atoms with E-state index in [-0.39, 0.29) is 6.10 Å². The number of aryl methyl sites for hydroxylation is 2. The van der Waals surface area contributed by atoms with Gasteiger partial charge in [0.05, 0.1) is 6.10 Å². The van der Waals surface area contributed by atoms with Gasteiger partial charge in [-0.25, -0.2) is 0 Å². The van der Waals surface area contributed by atoms with Crippen molar-refractivity contribution >= 4 is 0 Å². The summed E-state index contributed by atoms with van der Waals surface area (Å²) in [4.78, 5) is 0. The zero-order valence-corrected chi connectivity index (χ0v) is 9.79.